The summed E-state index contributed by atoms with van der Waals surface area (Å²) in [7, 11) is 0. The van der Waals surface area contributed by atoms with Gasteiger partial charge in [-0.05, 0) is 160 Å². The number of fused-ring (bicyclic) bond motifs is 16. The number of hydrogen-bond donors (Lipinski definition) is 4. The lowest BCUT2D eigenvalue weighted by Crippen LogP contribution is -2.48. The van der Waals surface area contributed by atoms with E-state index in [0.717, 1.165) is 133 Å². The zero-order valence-electron chi connectivity index (χ0n) is 62.4. The summed E-state index contributed by atoms with van der Waals surface area (Å²) in [4.78, 5) is 152. The van der Waals surface area contributed by atoms with E-state index in [1.807, 2.05) is 36.4 Å². The lowest BCUT2D eigenvalue weighted by molar-refractivity contribution is 0.0963. The Bertz CT molecular complexity index is 4600. The van der Waals surface area contributed by atoms with E-state index in [-0.39, 0.29) is 95.8 Å². The molecule has 8 bridgehead atoms. The molecule has 576 valence electrons. The summed E-state index contributed by atoms with van der Waals surface area (Å²) in [5.74, 6) is 4.39. The van der Waals surface area contributed by atoms with Crippen LogP contribution in [0, 0.1) is 17.7 Å². The van der Waals surface area contributed by atoms with Crippen molar-refractivity contribution in [2.75, 3.05) is 119 Å². The Hall–Kier alpha value is -12.0. The normalized spacial score (nSPS) is 18.2. The number of unbranched alkanes of at least 4 members (excludes halogenated alkanes) is 1. The third kappa shape index (κ3) is 17.5. The Morgan fingerprint density at radius 1 is 0.414 bits per heavy atom. The number of rotatable bonds is 20. The molecule has 1 aliphatic carbocycles. The van der Waals surface area contributed by atoms with Gasteiger partial charge in [0, 0.05) is 96.6 Å². The SMILES string of the molecule is CC(C)CCC(=O)c1ccc2c(n1)N(C(=O)Nc1ccccn1)[C@H]1CCN2C1.CCCCC(=O)c1ccc2c(n1)N(C(=O)Nc1ccccn1)[C@H]1CCN2C1.O=C(CCC1CC1)c1ccc2c(n1)N(C(=O)Nc1ccc(F)cn1)[C@H]1CCN2C1.O=C(CCCF)c1ccc2c(n1)N(C(=O)Nc1ccccn1)[C@H]1CCN2C1. The van der Waals surface area contributed by atoms with Crippen molar-refractivity contribution >= 4 is 117 Å². The molecule has 30 heteroatoms. The highest BCUT2D eigenvalue weighted by molar-refractivity contribution is 6.09. The third-order valence-electron chi connectivity index (χ3n) is 21.2. The van der Waals surface area contributed by atoms with Gasteiger partial charge >= 0.3 is 24.1 Å². The first kappa shape index (κ1) is 75.8. The Morgan fingerprint density at radius 2 is 0.757 bits per heavy atom. The molecule has 0 unspecified atom stereocenters. The minimum Gasteiger partial charge on any atom is -0.366 e. The Kier molecular flexibility index (Phi) is 23.4. The summed E-state index contributed by atoms with van der Waals surface area (Å²) in [5.41, 5.74) is 5.04. The fourth-order valence-corrected chi connectivity index (χ4v) is 15.2. The molecule has 4 saturated heterocycles. The van der Waals surface area contributed by atoms with E-state index in [9.17, 15) is 47.1 Å². The molecule has 0 radical (unpaired) electrons. The van der Waals surface area contributed by atoms with Crippen LogP contribution in [-0.4, -0.2) is 170 Å². The van der Waals surface area contributed by atoms with Crippen LogP contribution in [0.3, 0.4) is 0 Å². The molecule has 8 aliphatic heterocycles. The van der Waals surface area contributed by atoms with Gasteiger partial charge in [0.15, 0.2) is 46.4 Å². The molecule has 8 amide bonds. The maximum atomic E-state index is 13.1. The topological polar surface area (TPSA) is 314 Å². The maximum Gasteiger partial charge on any atom is 0.329 e. The van der Waals surface area contributed by atoms with Gasteiger partial charge in [0.1, 0.15) is 51.9 Å². The van der Waals surface area contributed by atoms with Crippen LogP contribution in [0.15, 0.2) is 140 Å². The van der Waals surface area contributed by atoms with Crippen LogP contribution >= 0.6 is 0 Å². The fourth-order valence-electron chi connectivity index (χ4n) is 15.2. The number of nitrogens with one attached hydrogen (secondary N) is 4. The molecule has 4 N–H and O–H groups in total. The standard InChI is InChI=1S/C21H22FN5O2.C21H25N5O2.C20H23N5O2.C19H20FN5O2/c22-14-4-8-19(23-11-14)25-21(29)27-15-9-10-26(12-15)17-6-5-16(24-20(17)27)18(28)7-3-13-1-2-13;1-14(2)6-9-18(27)16-7-8-17-20(23-16)26(15-10-12-25(17)13-15)21(28)24-19-5-3-4-11-22-19;1-2-3-6-17(26)15-8-9-16-19(22-15)25(14-10-12-24(16)13-14)20(27)23-18-7-4-5-11-21-18;20-9-3-4-16(26)14-6-7-15-18(22-14)25(13-8-11-24(15)12-13)19(27)23-17-5-1-2-10-21-17/h4-6,8,11,13,15H,1-3,7,9-10,12H2,(H,23,25,29);3-5,7-8,11,14-15H,6,9-10,12-13H2,1-2H3,(H,22,24,28);4-5,7-9,11,14H,2-3,6,10,12-13H2,1H3,(H,21,23,27);1-2,5-7,10,13H,3-4,8-9,11-12H2,(H,21,23,27)/t2*15-;14-;13-/m0000/s1. The maximum absolute atomic E-state index is 13.1. The van der Waals surface area contributed by atoms with Crippen molar-refractivity contribution in [1.82, 2.24) is 39.9 Å². The van der Waals surface area contributed by atoms with Gasteiger partial charge in [-0.1, -0.05) is 58.2 Å². The first-order chi connectivity index (χ1) is 53.9. The number of carbonyl (C=O) groups is 8. The summed E-state index contributed by atoms with van der Waals surface area (Å²) in [5, 5.41) is 11.2. The highest BCUT2D eigenvalue weighted by atomic mass is 19.1. The van der Waals surface area contributed by atoms with Crippen molar-refractivity contribution in [3.8, 4) is 0 Å². The van der Waals surface area contributed by atoms with Gasteiger partial charge in [-0.25, -0.2) is 63.4 Å². The van der Waals surface area contributed by atoms with Crippen LogP contribution in [0.25, 0.3) is 0 Å². The molecule has 0 aromatic carbocycles. The number of ketones is 4. The highest BCUT2D eigenvalue weighted by Gasteiger charge is 2.45. The van der Waals surface area contributed by atoms with Crippen molar-refractivity contribution < 1.29 is 47.1 Å². The van der Waals surface area contributed by atoms with Crippen molar-refractivity contribution in [3.05, 3.63) is 169 Å². The summed E-state index contributed by atoms with van der Waals surface area (Å²) in [6, 6.07) is 32.1. The highest BCUT2D eigenvalue weighted by Crippen LogP contribution is 2.44. The molecule has 5 fully saturated rings. The van der Waals surface area contributed by atoms with E-state index in [2.05, 4.69) is 102 Å². The number of aromatic nitrogens is 8. The van der Waals surface area contributed by atoms with E-state index in [1.54, 1.807) is 105 Å². The summed E-state index contributed by atoms with van der Waals surface area (Å²) >= 11 is 0. The molecule has 9 aliphatic rings. The van der Waals surface area contributed by atoms with Gasteiger partial charge in [-0.2, -0.15) is 0 Å². The van der Waals surface area contributed by atoms with Gasteiger partial charge in [-0.3, -0.25) is 64.4 Å². The second-order valence-corrected chi connectivity index (χ2v) is 29.4. The lowest BCUT2D eigenvalue weighted by atomic mass is 10.0. The fraction of sp³-hybridized carbons (Fsp3) is 0.407. The first-order valence-electron chi connectivity index (χ1n) is 38.4. The predicted octanol–water partition coefficient (Wildman–Crippen LogP) is 13.9. The average Bonchev–Trinajstić information content (AvgIpc) is 1.69. The second-order valence-electron chi connectivity index (χ2n) is 29.4. The van der Waals surface area contributed by atoms with Crippen LogP contribution in [0.5, 0.6) is 0 Å². The van der Waals surface area contributed by atoms with Gasteiger partial charge in [-0.15, -0.1) is 0 Å². The third-order valence-corrected chi connectivity index (χ3v) is 21.2. The Balaban J connectivity index is 0.000000123. The monoisotopic (exact) mass is 1510 g/mol. The number of pyridine rings is 8. The molecular weight excluding hydrogens is 1420 g/mol. The molecule has 17 rings (SSSR count). The average molecular weight is 1510 g/mol. The second kappa shape index (κ2) is 34.3. The molecule has 0 spiro atoms. The van der Waals surface area contributed by atoms with Crippen molar-refractivity contribution in [1.29, 1.82) is 0 Å². The van der Waals surface area contributed by atoms with Gasteiger partial charge in [0.05, 0.1) is 59.8 Å². The minimum atomic E-state index is -0.537. The number of alkyl halides is 1. The zero-order chi connectivity index (χ0) is 77.2. The van der Waals surface area contributed by atoms with Gasteiger partial charge in [0.25, 0.3) is 0 Å². The number of carbonyl (C=O) groups excluding carboxylic acids is 8. The Labute approximate surface area is 641 Å². The van der Waals surface area contributed by atoms with Crippen LogP contribution in [0.2, 0.25) is 0 Å². The number of urea groups is 4. The van der Waals surface area contributed by atoms with E-state index in [0.29, 0.717) is 88.9 Å². The van der Waals surface area contributed by atoms with E-state index in [4.69, 9.17) is 0 Å². The number of amides is 8. The predicted molar refractivity (Wildman–Crippen MR) is 420 cm³/mol. The number of nitrogens with zero attached hydrogens (tertiary/aromatic N) is 16. The summed E-state index contributed by atoms with van der Waals surface area (Å²) in [6.07, 6.45) is 17.1. The van der Waals surface area contributed by atoms with E-state index >= 15 is 0 Å². The molecule has 8 aromatic heterocycles. The lowest BCUT2D eigenvalue weighted by Gasteiger charge is -2.35. The quantitative estimate of drug-likeness (QED) is 0.0515. The summed E-state index contributed by atoms with van der Waals surface area (Å²) in [6.45, 7) is 12.2. The Morgan fingerprint density at radius 3 is 1.06 bits per heavy atom. The van der Waals surface area contributed by atoms with Crippen LogP contribution in [-0.2, 0) is 0 Å². The number of anilines is 12. The number of Topliss-reactive ketones (excluding diaryl/α,β-unsaturated/α-hetero) is 4. The van der Waals surface area contributed by atoms with Crippen LogP contribution in [0.1, 0.15) is 159 Å². The van der Waals surface area contributed by atoms with Crippen LogP contribution in [0.4, 0.5) is 97.3 Å². The zero-order valence-corrected chi connectivity index (χ0v) is 62.4. The van der Waals surface area contributed by atoms with Gasteiger partial charge < -0.3 is 19.6 Å². The van der Waals surface area contributed by atoms with Crippen LogP contribution < -0.4 is 60.5 Å². The van der Waals surface area contributed by atoms with Crippen molar-refractivity contribution in [2.45, 2.75) is 141 Å². The first-order valence-corrected chi connectivity index (χ1v) is 38.4. The van der Waals surface area contributed by atoms with E-state index in [1.165, 1.54) is 25.0 Å². The van der Waals surface area contributed by atoms with Crippen molar-refractivity contribution in [2.24, 2.45) is 11.8 Å². The number of hydrogen-bond acceptors (Lipinski definition) is 20. The number of halogens is 2. The molecule has 28 nitrogen and oxygen atoms in total. The van der Waals surface area contributed by atoms with Crippen molar-refractivity contribution in [3.63, 3.8) is 0 Å². The molecule has 16 heterocycles. The smallest absolute Gasteiger partial charge is 0.329 e. The minimum absolute atomic E-state index is 0.00935. The molecule has 111 heavy (non-hydrogen) atoms. The van der Waals surface area contributed by atoms with E-state index < -0.39 is 12.5 Å². The molecular formula is C81H90F2N20O8. The molecule has 1 saturated carbocycles. The van der Waals surface area contributed by atoms with Gasteiger partial charge in [0.2, 0.25) is 0 Å². The molecule has 8 aromatic rings. The summed E-state index contributed by atoms with van der Waals surface area (Å²) < 4.78 is 25.5. The molecule has 4 atom stereocenters. The largest absolute Gasteiger partial charge is 0.366 e.